The fourth-order valence-electron chi connectivity index (χ4n) is 2.12. The lowest BCUT2D eigenvalue weighted by Gasteiger charge is -2.06. The Morgan fingerprint density at radius 1 is 1.23 bits per heavy atom. The average Bonchev–Trinajstić information content (AvgIpc) is 2.94. The van der Waals surface area contributed by atoms with Crippen LogP contribution in [0.15, 0.2) is 41.7 Å². The van der Waals surface area contributed by atoms with Crippen molar-refractivity contribution < 1.29 is 14.6 Å². The van der Waals surface area contributed by atoms with Crippen molar-refractivity contribution in [3.05, 3.63) is 47.3 Å². The second-order valence-electron chi connectivity index (χ2n) is 4.56. The van der Waals surface area contributed by atoms with Gasteiger partial charge in [0.05, 0.1) is 7.11 Å². The van der Waals surface area contributed by atoms with Crippen LogP contribution < -0.4 is 10.3 Å². The Morgan fingerprint density at radius 2 is 1.95 bits per heavy atom. The molecule has 0 unspecified atom stereocenters. The lowest BCUT2D eigenvalue weighted by atomic mass is 10.3. The first-order valence-corrected chi connectivity index (χ1v) is 6.39. The summed E-state index contributed by atoms with van der Waals surface area (Å²) in [7, 11) is 1.58. The minimum absolute atomic E-state index is 0.125. The van der Waals surface area contributed by atoms with Gasteiger partial charge in [-0.2, -0.15) is 0 Å². The molecule has 0 aliphatic heterocycles. The minimum atomic E-state index is -1.11. The number of rotatable bonds is 4. The SMILES string of the molecule is COc1ccc(-n2cnc3c(=O)n(CC(=O)O)cnc32)cc1. The highest BCUT2D eigenvalue weighted by atomic mass is 16.5. The van der Waals surface area contributed by atoms with E-state index in [1.54, 1.807) is 23.8 Å². The zero-order valence-electron chi connectivity index (χ0n) is 11.6. The average molecular weight is 300 g/mol. The maximum atomic E-state index is 12.2. The molecule has 3 aromatic rings. The van der Waals surface area contributed by atoms with Crippen LogP contribution in [0.4, 0.5) is 0 Å². The van der Waals surface area contributed by atoms with Crippen molar-refractivity contribution in [2.75, 3.05) is 7.11 Å². The largest absolute Gasteiger partial charge is 0.497 e. The molecule has 0 amide bonds. The molecule has 0 bridgehead atoms. The van der Waals surface area contributed by atoms with Crippen molar-refractivity contribution in [1.29, 1.82) is 0 Å². The summed E-state index contributed by atoms with van der Waals surface area (Å²) in [5, 5.41) is 8.77. The second kappa shape index (κ2) is 5.32. The summed E-state index contributed by atoms with van der Waals surface area (Å²) < 4.78 is 7.76. The Hall–Kier alpha value is -3.16. The first kappa shape index (κ1) is 13.8. The van der Waals surface area contributed by atoms with Crippen molar-refractivity contribution in [2.45, 2.75) is 6.54 Å². The maximum Gasteiger partial charge on any atom is 0.323 e. The number of carbonyl (C=O) groups is 1. The van der Waals surface area contributed by atoms with E-state index in [1.807, 2.05) is 12.1 Å². The number of methoxy groups -OCH3 is 1. The fraction of sp³-hybridized carbons (Fsp3) is 0.143. The summed E-state index contributed by atoms with van der Waals surface area (Å²) in [6.07, 6.45) is 2.69. The van der Waals surface area contributed by atoms with Crippen LogP contribution in [0, 0.1) is 0 Å². The summed E-state index contributed by atoms with van der Waals surface area (Å²) in [6, 6.07) is 7.19. The van der Waals surface area contributed by atoms with Crippen LogP contribution in [0.2, 0.25) is 0 Å². The van der Waals surface area contributed by atoms with E-state index in [4.69, 9.17) is 9.84 Å². The molecule has 2 heterocycles. The number of hydrogen-bond acceptors (Lipinski definition) is 5. The van der Waals surface area contributed by atoms with E-state index in [0.717, 1.165) is 10.3 Å². The molecule has 112 valence electrons. The molecule has 0 aliphatic rings. The minimum Gasteiger partial charge on any atom is -0.497 e. The summed E-state index contributed by atoms with van der Waals surface area (Å²) in [4.78, 5) is 31.1. The molecule has 0 atom stereocenters. The molecule has 0 aliphatic carbocycles. The Balaban J connectivity index is 2.10. The first-order chi connectivity index (χ1) is 10.6. The van der Waals surface area contributed by atoms with Crippen molar-refractivity contribution in [1.82, 2.24) is 19.1 Å². The van der Waals surface area contributed by atoms with Crippen molar-refractivity contribution in [3.8, 4) is 11.4 Å². The highest BCUT2D eigenvalue weighted by molar-refractivity contribution is 5.72. The number of carboxylic acid groups (broad SMARTS) is 1. The molecule has 8 nitrogen and oxygen atoms in total. The predicted octanol–water partition coefficient (Wildman–Crippen LogP) is 0.675. The highest BCUT2D eigenvalue weighted by Gasteiger charge is 2.12. The van der Waals surface area contributed by atoms with E-state index < -0.39 is 18.1 Å². The van der Waals surface area contributed by atoms with E-state index >= 15 is 0 Å². The lowest BCUT2D eigenvalue weighted by Crippen LogP contribution is -2.24. The summed E-state index contributed by atoms with van der Waals surface area (Å²) >= 11 is 0. The third-order valence-electron chi connectivity index (χ3n) is 3.18. The van der Waals surface area contributed by atoms with Crippen LogP contribution in [0.25, 0.3) is 16.9 Å². The van der Waals surface area contributed by atoms with Gasteiger partial charge >= 0.3 is 5.97 Å². The van der Waals surface area contributed by atoms with Gasteiger partial charge in [-0.25, -0.2) is 9.97 Å². The van der Waals surface area contributed by atoms with Crippen molar-refractivity contribution >= 4 is 17.1 Å². The summed E-state index contributed by atoms with van der Waals surface area (Å²) in [6.45, 7) is -0.447. The smallest absolute Gasteiger partial charge is 0.323 e. The van der Waals surface area contributed by atoms with Gasteiger partial charge < -0.3 is 9.84 Å². The van der Waals surface area contributed by atoms with E-state index in [-0.39, 0.29) is 5.52 Å². The molecule has 22 heavy (non-hydrogen) atoms. The van der Waals surface area contributed by atoms with E-state index in [9.17, 15) is 9.59 Å². The van der Waals surface area contributed by atoms with Crippen LogP contribution in [-0.4, -0.2) is 37.3 Å². The number of benzene rings is 1. The molecule has 0 saturated carbocycles. The number of aliphatic carboxylic acids is 1. The number of carboxylic acids is 1. The van der Waals surface area contributed by atoms with E-state index in [2.05, 4.69) is 9.97 Å². The molecule has 0 saturated heterocycles. The second-order valence-corrected chi connectivity index (χ2v) is 4.56. The van der Waals surface area contributed by atoms with Crippen molar-refractivity contribution in [3.63, 3.8) is 0 Å². The van der Waals surface area contributed by atoms with Gasteiger partial charge in [0, 0.05) is 5.69 Å². The Labute approximate surface area is 124 Å². The summed E-state index contributed by atoms with van der Waals surface area (Å²) in [5.41, 5.74) is 0.780. The Kier molecular flexibility index (Phi) is 3.34. The van der Waals surface area contributed by atoms with Gasteiger partial charge in [0.1, 0.15) is 24.9 Å². The molecule has 3 rings (SSSR count). The Morgan fingerprint density at radius 3 is 2.59 bits per heavy atom. The van der Waals surface area contributed by atoms with Gasteiger partial charge in [-0.1, -0.05) is 0 Å². The molecule has 1 aromatic carbocycles. The maximum absolute atomic E-state index is 12.2. The molecule has 1 N–H and O–H groups in total. The third kappa shape index (κ3) is 2.30. The number of ether oxygens (including phenoxy) is 1. The number of aromatic nitrogens is 4. The van der Waals surface area contributed by atoms with Crippen LogP contribution in [-0.2, 0) is 11.3 Å². The van der Waals surface area contributed by atoms with Crippen LogP contribution in [0.5, 0.6) is 5.75 Å². The quantitative estimate of drug-likeness (QED) is 0.760. The first-order valence-electron chi connectivity index (χ1n) is 6.39. The van der Waals surface area contributed by atoms with Gasteiger partial charge in [-0.3, -0.25) is 18.7 Å². The van der Waals surface area contributed by atoms with Gasteiger partial charge in [0.15, 0.2) is 11.2 Å². The number of fused-ring (bicyclic) bond motifs is 1. The highest BCUT2D eigenvalue weighted by Crippen LogP contribution is 2.17. The van der Waals surface area contributed by atoms with Crippen LogP contribution in [0.1, 0.15) is 0 Å². The molecule has 0 spiro atoms. The molecule has 0 fully saturated rings. The number of nitrogens with zero attached hydrogens (tertiary/aromatic N) is 4. The molecule has 2 aromatic heterocycles. The van der Waals surface area contributed by atoms with Gasteiger partial charge in [0.2, 0.25) is 0 Å². The van der Waals surface area contributed by atoms with Crippen LogP contribution >= 0.6 is 0 Å². The van der Waals surface area contributed by atoms with Gasteiger partial charge in [0.25, 0.3) is 5.56 Å². The molecule has 8 heteroatoms. The number of imidazole rings is 1. The zero-order chi connectivity index (χ0) is 15.7. The number of hydrogen-bond donors (Lipinski definition) is 1. The monoisotopic (exact) mass is 300 g/mol. The van der Waals surface area contributed by atoms with E-state index in [1.165, 1.54) is 12.7 Å². The zero-order valence-corrected chi connectivity index (χ0v) is 11.6. The third-order valence-corrected chi connectivity index (χ3v) is 3.18. The van der Waals surface area contributed by atoms with Crippen LogP contribution in [0.3, 0.4) is 0 Å². The normalized spacial score (nSPS) is 10.8. The van der Waals surface area contributed by atoms with Gasteiger partial charge in [-0.05, 0) is 24.3 Å². The topological polar surface area (TPSA) is 99.2 Å². The molecular weight excluding hydrogens is 288 g/mol. The van der Waals surface area contributed by atoms with Gasteiger partial charge in [-0.15, -0.1) is 0 Å². The summed E-state index contributed by atoms with van der Waals surface area (Å²) in [5.74, 6) is -0.400. The lowest BCUT2D eigenvalue weighted by molar-refractivity contribution is -0.137. The molecule has 0 radical (unpaired) electrons. The van der Waals surface area contributed by atoms with E-state index in [0.29, 0.717) is 11.4 Å². The predicted molar refractivity (Wildman–Crippen MR) is 77.3 cm³/mol. The molecular formula is C14H12N4O4. The standard InChI is InChI=1S/C14H12N4O4/c1-22-10-4-2-9(3-5-10)18-8-15-12-13(18)16-7-17(14(12)21)6-11(19)20/h2-5,7-8H,6H2,1H3,(H,19,20). The fourth-order valence-corrected chi connectivity index (χ4v) is 2.12. The Bertz CT molecular complexity index is 895. The van der Waals surface area contributed by atoms with Crippen molar-refractivity contribution in [2.24, 2.45) is 0 Å².